The molecule has 1 aliphatic rings. The average Bonchev–Trinajstić information content (AvgIpc) is 2.41. The Balaban J connectivity index is 1.93. The number of hydrogen-bond donors (Lipinski definition) is 2. The van der Waals surface area contributed by atoms with Crippen molar-refractivity contribution >= 4 is 15.7 Å². The fourth-order valence-electron chi connectivity index (χ4n) is 2.27. The van der Waals surface area contributed by atoms with Crippen LogP contribution in [0.25, 0.3) is 0 Å². The lowest BCUT2D eigenvalue weighted by molar-refractivity contribution is 0.327. The van der Waals surface area contributed by atoms with Crippen molar-refractivity contribution in [2.45, 2.75) is 19.8 Å². The molecule has 7 heteroatoms. The highest BCUT2D eigenvalue weighted by Crippen LogP contribution is 2.16. The van der Waals surface area contributed by atoms with Gasteiger partial charge in [0.05, 0.1) is 24.2 Å². The summed E-state index contributed by atoms with van der Waals surface area (Å²) in [5, 5.41) is 3.22. The molecule has 1 aliphatic heterocycles. The monoisotopic (exact) mass is 299 g/mol. The fraction of sp³-hybridized carbons (Fsp3) is 0.615. The Morgan fingerprint density at radius 2 is 2.35 bits per heavy atom. The first-order chi connectivity index (χ1) is 9.59. The molecule has 2 N–H and O–H groups in total. The number of piperidine rings is 1. The van der Waals surface area contributed by atoms with Gasteiger partial charge in [-0.25, -0.2) is 13.4 Å². The van der Waals surface area contributed by atoms with Gasteiger partial charge in [0.25, 0.3) is 0 Å². The molecule has 112 valence electrons. The minimum Gasteiger partial charge on any atom is -0.478 e. The van der Waals surface area contributed by atoms with Crippen molar-refractivity contribution in [3.05, 3.63) is 18.3 Å². The smallest absolute Gasteiger partial charge is 0.233 e. The Bertz CT molecular complexity index is 510. The van der Waals surface area contributed by atoms with Crippen LogP contribution in [0.2, 0.25) is 0 Å². The third-order valence-corrected chi connectivity index (χ3v) is 4.61. The second kappa shape index (κ2) is 6.90. The molecule has 6 nitrogen and oxygen atoms in total. The first-order valence-electron chi connectivity index (χ1n) is 6.89. The van der Waals surface area contributed by atoms with E-state index in [1.54, 1.807) is 12.1 Å². The molecule has 1 aromatic rings. The fourth-order valence-corrected chi connectivity index (χ4v) is 3.74. The molecule has 1 fully saturated rings. The van der Waals surface area contributed by atoms with E-state index in [2.05, 4.69) is 15.0 Å². The Kier molecular flexibility index (Phi) is 5.19. The minimum absolute atomic E-state index is 0.146. The predicted octanol–water partition coefficient (Wildman–Crippen LogP) is 1.22. The van der Waals surface area contributed by atoms with E-state index in [4.69, 9.17) is 4.74 Å². The van der Waals surface area contributed by atoms with E-state index in [1.165, 1.54) is 6.20 Å². The lowest BCUT2D eigenvalue weighted by Crippen LogP contribution is -2.35. The number of nitrogens with one attached hydrogen (secondary N) is 2. The highest BCUT2D eigenvalue weighted by molar-refractivity contribution is 7.92. The maximum atomic E-state index is 12.1. The zero-order chi connectivity index (χ0) is 14.4. The first kappa shape index (κ1) is 15.1. The van der Waals surface area contributed by atoms with E-state index in [9.17, 15) is 8.42 Å². The number of sulfonamides is 1. The predicted molar refractivity (Wildman–Crippen MR) is 78.4 cm³/mol. The van der Waals surface area contributed by atoms with Crippen LogP contribution in [0.15, 0.2) is 18.3 Å². The van der Waals surface area contributed by atoms with Crippen LogP contribution in [0.1, 0.15) is 19.8 Å². The van der Waals surface area contributed by atoms with E-state index in [1.807, 2.05) is 6.92 Å². The van der Waals surface area contributed by atoms with Gasteiger partial charge in [0.2, 0.25) is 15.9 Å². The van der Waals surface area contributed by atoms with Crippen LogP contribution >= 0.6 is 0 Å². The van der Waals surface area contributed by atoms with Gasteiger partial charge < -0.3 is 10.1 Å². The number of ether oxygens (including phenoxy) is 1. The van der Waals surface area contributed by atoms with Crippen LogP contribution in [0.4, 0.5) is 5.69 Å². The number of anilines is 1. The molecule has 0 bridgehead atoms. The number of aromatic nitrogens is 1. The average molecular weight is 299 g/mol. The second-order valence-corrected chi connectivity index (χ2v) is 6.68. The van der Waals surface area contributed by atoms with Gasteiger partial charge in [-0.15, -0.1) is 0 Å². The maximum Gasteiger partial charge on any atom is 0.233 e. The highest BCUT2D eigenvalue weighted by atomic mass is 32.2. The Morgan fingerprint density at radius 1 is 1.50 bits per heavy atom. The molecule has 1 saturated heterocycles. The van der Waals surface area contributed by atoms with Crippen molar-refractivity contribution in [3.63, 3.8) is 0 Å². The minimum atomic E-state index is -3.33. The van der Waals surface area contributed by atoms with Crippen LogP contribution in [-0.2, 0) is 10.0 Å². The quantitative estimate of drug-likeness (QED) is 0.825. The SMILES string of the molecule is CCOc1ccc(NS(=O)(=O)CC2CCCNC2)cn1. The van der Waals surface area contributed by atoms with Gasteiger partial charge in [-0.2, -0.15) is 0 Å². The zero-order valence-electron chi connectivity index (χ0n) is 11.6. The lowest BCUT2D eigenvalue weighted by Gasteiger charge is -2.22. The molecule has 0 spiro atoms. The van der Waals surface area contributed by atoms with Gasteiger partial charge in [-0.1, -0.05) is 0 Å². The van der Waals surface area contributed by atoms with E-state index >= 15 is 0 Å². The Morgan fingerprint density at radius 3 is 2.95 bits per heavy atom. The highest BCUT2D eigenvalue weighted by Gasteiger charge is 2.21. The molecular formula is C13H21N3O3S. The van der Waals surface area contributed by atoms with E-state index in [0.717, 1.165) is 25.9 Å². The van der Waals surface area contributed by atoms with Crippen molar-refractivity contribution in [3.8, 4) is 5.88 Å². The summed E-state index contributed by atoms with van der Waals surface area (Å²) in [6, 6.07) is 3.32. The van der Waals surface area contributed by atoms with Crippen LogP contribution in [0.5, 0.6) is 5.88 Å². The van der Waals surface area contributed by atoms with Gasteiger partial charge in [0.15, 0.2) is 0 Å². The van der Waals surface area contributed by atoms with E-state index in [-0.39, 0.29) is 11.7 Å². The summed E-state index contributed by atoms with van der Waals surface area (Å²) >= 11 is 0. The summed E-state index contributed by atoms with van der Waals surface area (Å²) in [5.74, 6) is 0.816. The summed E-state index contributed by atoms with van der Waals surface area (Å²) < 4.78 is 31.9. The number of pyridine rings is 1. The molecule has 2 heterocycles. The molecule has 0 radical (unpaired) electrons. The second-order valence-electron chi connectivity index (χ2n) is 4.91. The number of nitrogens with zero attached hydrogens (tertiary/aromatic N) is 1. The standard InChI is InChI=1S/C13H21N3O3S/c1-2-19-13-6-5-12(9-15-13)16-20(17,18)10-11-4-3-7-14-8-11/h5-6,9,11,14,16H,2-4,7-8,10H2,1H3. The molecule has 2 rings (SSSR count). The molecule has 0 amide bonds. The first-order valence-corrected chi connectivity index (χ1v) is 8.54. The molecule has 0 saturated carbocycles. The molecule has 0 aliphatic carbocycles. The van der Waals surface area contributed by atoms with Gasteiger partial charge in [-0.05, 0) is 44.8 Å². The summed E-state index contributed by atoms with van der Waals surface area (Å²) in [7, 11) is -3.33. The van der Waals surface area contributed by atoms with E-state index < -0.39 is 10.0 Å². The molecule has 1 aromatic heterocycles. The van der Waals surface area contributed by atoms with Crippen LogP contribution < -0.4 is 14.8 Å². The summed E-state index contributed by atoms with van der Waals surface area (Å²) in [6.45, 7) is 4.15. The zero-order valence-corrected chi connectivity index (χ0v) is 12.4. The van der Waals surface area contributed by atoms with Crippen molar-refractivity contribution in [1.29, 1.82) is 0 Å². The lowest BCUT2D eigenvalue weighted by atomic mass is 10.0. The normalized spacial score (nSPS) is 19.6. The van der Waals surface area contributed by atoms with Gasteiger partial charge in [-0.3, -0.25) is 4.72 Å². The van der Waals surface area contributed by atoms with Crippen molar-refractivity contribution in [1.82, 2.24) is 10.3 Å². The summed E-state index contributed by atoms with van der Waals surface area (Å²) in [6.07, 6.45) is 3.46. The Labute approximate surface area is 120 Å². The molecule has 20 heavy (non-hydrogen) atoms. The van der Waals surface area contributed by atoms with Crippen LogP contribution in [-0.4, -0.2) is 38.9 Å². The summed E-state index contributed by atoms with van der Waals surface area (Å²) in [5.41, 5.74) is 0.470. The molecular weight excluding hydrogens is 278 g/mol. The Hall–Kier alpha value is -1.34. The topological polar surface area (TPSA) is 80.3 Å². The van der Waals surface area contributed by atoms with Crippen molar-refractivity contribution < 1.29 is 13.2 Å². The third kappa shape index (κ3) is 4.64. The number of rotatable bonds is 6. The van der Waals surface area contributed by atoms with Gasteiger partial charge >= 0.3 is 0 Å². The molecule has 1 atom stereocenters. The van der Waals surface area contributed by atoms with Crippen molar-refractivity contribution in [2.24, 2.45) is 5.92 Å². The van der Waals surface area contributed by atoms with Crippen LogP contribution in [0, 0.1) is 5.92 Å². The van der Waals surface area contributed by atoms with E-state index in [0.29, 0.717) is 18.2 Å². The maximum absolute atomic E-state index is 12.1. The largest absolute Gasteiger partial charge is 0.478 e. The number of hydrogen-bond acceptors (Lipinski definition) is 5. The molecule has 1 unspecified atom stereocenters. The molecule has 0 aromatic carbocycles. The van der Waals surface area contributed by atoms with Gasteiger partial charge in [0.1, 0.15) is 0 Å². The van der Waals surface area contributed by atoms with Crippen molar-refractivity contribution in [2.75, 3.05) is 30.2 Å². The van der Waals surface area contributed by atoms with Gasteiger partial charge in [0, 0.05) is 6.07 Å². The third-order valence-electron chi connectivity index (χ3n) is 3.16. The van der Waals surface area contributed by atoms with Crippen LogP contribution in [0.3, 0.4) is 0 Å². The summed E-state index contributed by atoms with van der Waals surface area (Å²) in [4.78, 5) is 4.04.